The monoisotopic (exact) mass is 452 g/mol. The Morgan fingerprint density at radius 1 is 1.15 bits per heavy atom. The highest BCUT2D eigenvalue weighted by molar-refractivity contribution is 6.01. The highest BCUT2D eigenvalue weighted by atomic mass is 16.6. The molecule has 3 N–H and O–H groups in total. The van der Waals surface area contributed by atoms with Gasteiger partial charge in [-0.3, -0.25) is 24.9 Å². The van der Waals surface area contributed by atoms with Gasteiger partial charge in [0.2, 0.25) is 0 Å². The van der Waals surface area contributed by atoms with Crippen LogP contribution >= 0.6 is 0 Å². The summed E-state index contributed by atoms with van der Waals surface area (Å²) in [4.78, 5) is 25.7. The molecule has 0 saturated carbocycles. The summed E-state index contributed by atoms with van der Waals surface area (Å²) in [6.07, 6.45) is 1.55. The fourth-order valence-corrected chi connectivity index (χ4v) is 4.69. The highest BCUT2D eigenvalue weighted by Crippen LogP contribution is 2.46. The van der Waals surface area contributed by atoms with E-state index in [0.717, 1.165) is 11.3 Å². The van der Waals surface area contributed by atoms with Crippen molar-refractivity contribution in [2.75, 3.05) is 4.90 Å². The van der Waals surface area contributed by atoms with E-state index in [2.05, 4.69) is 16.3 Å². The molecule has 1 aliphatic heterocycles. The Hall–Kier alpha value is -4.71. The van der Waals surface area contributed by atoms with Crippen LogP contribution < -0.4 is 10.6 Å². The number of carbonyl (C=O) groups is 1. The number of aromatic nitrogens is 2. The van der Waals surface area contributed by atoms with E-state index in [4.69, 9.17) is 5.73 Å². The van der Waals surface area contributed by atoms with E-state index in [1.54, 1.807) is 17.0 Å². The standard InChI is InChI=1S/C25H20N6O3/c26-14-18-23(16-8-4-9-17(12-16)31(33)34)24-20(10-5-11-21(24)32)30(25(18)27)22-13-19(28-29-22)15-6-2-1-3-7-15/h1-4,6-9,12-13,23H,5,10-11,27H2,(H,28,29). The number of Topliss-reactive ketones (excluding diaryl/α,β-unsaturated/α-hetero) is 1. The Balaban J connectivity index is 1.68. The van der Waals surface area contributed by atoms with Crippen LogP contribution in [0.15, 0.2) is 83.3 Å². The maximum Gasteiger partial charge on any atom is 0.269 e. The van der Waals surface area contributed by atoms with Crippen molar-refractivity contribution in [2.45, 2.75) is 25.2 Å². The van der Waals surface area contributed by atoms with Gasteiger partial charge in [0.1, 0.15) is 5.82 Å². The molecule has 2 aromatic carbocycles. The number of nitro groups is 1. The molecule has 9 heteroatoms. The van der Waals surface area contributed by atoms with Gasteiger partial charge in [-0.2, -0.15) is 10.4 Å². The second-order valence-corrected chi connectivity index (χ2v) is 8.17. The molecule has 1 unspecified atom stereocenters. The zero-order valence-electron chi connectivity index (χ0n) is 18.1. The lowest BCUT2D eigenvalue weighted by atomic mass is 9.75. The quantitative estimate of drug-likeness (QED) is 0.444. The number of nitriles is 1. The molecule has 5 rings (SSSR count). The van der Waals surface area contributed by atoms with E-state index in [0.29, 0.717) is 41.9 Å². The number of nitro benzene ring substituents is 1. The number of ketones is 1. The SMILES string of the molecule is N#CC1=C(N)N(c2cc(-c3ccccc3)[nH]n2)C2=C(C(=O)CCC2)C1c1cccc([N+](=O)[O-])c1. The predicted octanol–water partition coefficient (Wildman–Crippen LogP) is 4.29. The predicted molar refractivity (Wildman–Crippen MR) is 125 cm³/mol. The van der Waals surface area contributed by atoms with E-state index in [1.165, 1.54) is 12.1 Å². The van der Waals surface area contributed by atoms with Gasteiger partial charge in [0, 0.05) is 35.9 Å². The number of rotatable bonds is 4. The second kappa shape index (κ2) is 8.33. The first kappa shape index (κ1) is 21.2. The molecule has 1 aromatic heterocycles. The Bertz CT molecular complexity index is 1410. The molecule has 0 saturated heterocycles. The maximum atomic E-state index is 13.2. The van der Waals surface area contributed by atoms with Crippen LogP contribution in [0.4, 0.5) is 11.5 Å². The highest BCUT2D eigenvalue weighted by Gasteiger charge is 2.41. The molecule has 1 atom stereocenters. The summed E-state index contributed by atoms with van der Waals surface area (Å²) in [7, 11) is 0. The number of carbonyl (C=O) groups excluding carboxylic acids is 1. The topological polar surface area (TPSA) is 142 Å². The molecule has 0 amide bonds. The van der Waals surface area contributed by atoms with Crippen molar-refractivity contribution in [2.24, 2.45) is 5.73 Å². The summed E-state index contributed by atoms with van der Waals surface area (Å²) in [5.41, 5.74) is 9.91. The van der Waals surface area contributed by atoms with E-state index in [1.807, 2.05) is 36.4 Å². The van der Waals surface area contributed by atoms with Crippen LogP contribution in [-0.2, 0) is 4.79 Å². The molecule has 9 nitrogen and oxygen atoms in total. The lowest BCUT2D eigenvalue weighted by molar-refractivity contribution is -0.384. The second-order valence-electron chi connectivity index (χ2n) is 8.17. The molecule has 0 fully saturated rings. The van der Waals surface area contributed by atoms with Crippen LogP contribution in [0.1, 0.15) is 30.7 Å². The third kappa shape index (κ3) is 3.42. The fraction of sp³-hybridized carbons (Fsp3) is 0.160. The first-order chi connectivity index (χ1) is 16.5. The summed E-state index contributed by atoms with van der Waals surface area (Å²) in [5.74, 6) is -0.222. The Labute approximate surface area is 195 Å². The first-order valence-corrected chi connectivity index (χ1v) is 10.8. The van der Waals surface area contributed by atoms with Crippen molar-refractivity contribution in [3.63, 3.8) is 0 Å². The smallest absolute Gasteiger partial charge is 0.269 e. The van der Waals surface area contributed by atoms with Crippen LogP contribution in [0, 0.1) is 21.4 Å². The van der Waals surface area contributed by atoms with Gasteiger partial charge in [-0.1, -0.05) is 42.5 Å². The van der Waals surface area contributed by atoms with Crippen molar-refractivity contribution in [3.8, 4) is 17.3 Å². The number of nitrogens with two attached hydrogens (primary N) is 1. The number of aromatic amines is 1. The molecule has 0 bridgehead atoms. The largest absolute Gasteiger partial charge is 0.384 e. The lowest BCUT2D eigenvalue weighted by Gasteiger charge is -2.38. The van der Waals surface area contributed by atoms with Gasteiger partial charge in [0.05, 0.1) is 28.2 Å². The Morgan fingerprint density at radius 2 is 1.94 bits per heavy atom. The Kier molecular flexibility index (Phi) is 5.18. The van der Waals surface area contributed by atoms with Gasteiger partial charge >= 0.3 is 0 Å². The summed E-state index contributed by atoms with van der Waals surface area (Å²) < 4.78 is 0. The third-order valence-electron chi connectivity index (χ3n) is 6.21. The van der Waals surface area contributed by atoms with Crippen LogP contribution in [0.2, 0.25) is 0 Å². The third-order valence-corrected chi connectivity index (χ3v) is 6.21. The molecule has 1 aliphatic carbocycles. The molecule has 2 heterocycles. The number of nitrogens with one attached hydrogen (secondary N) is 1. The average molecular weight is 452 g/mol. The van der Waals surface area contributed by atoms with Crippen molar-refractivity contribution >= 4 is 17.3 Å². The minimum absolute atomic E-state index is 0.0955. The van der Waals surface area contributed by atoms with Crippen LogP contribution in [0.5, 0.6) is 0 Å². The summed E-state index contributed by atoms with van der Waals surface area (Å²) in [6, 6.07) is 19.7. The molecule has 3 aromatic rings. The van der Waals surface area contributed by atoms with Crippen LogP contribution in [0.3, 0.4) is 0 Å². The van der Waals surface area contributed by atoms with Gasteiger partial charge in [0.15, 0.2) is 11.6 Å². The Morgan fingerprint density at radius 3 is 2.68 bits per heavy atom. The van der Waals surface area contributed by atoms with E-state index in [9.17, 15) is 20.2 Å². The molecular formula is C25H20N6O3. The zero-order chi connectivity index (χ0) is 23.8. The fourth-order valence-electron chi connectivity index (χ4n) is 4.69. The van der Waals surface area contributed by atoms with Gasteiger partial charge in [-0.25, -0.2) is 0 Å². The number of allylic oxidation sites excluding steroid dienone is 3. The number of benzene rings is 2. The molecular weight excluding hydrogens is 432 g/mol. The van der Waals surface area contributed by atoms with Crippen LogP contribution in [0.25, 0.3) is 11.3 Å². The van der Waals surface area contributed by atoms with Gasteiger partial charge < -0.3 is 5.73 Å². The number of hydrogen-bond donors (Lipinski definition) is 2. The van der Waals surface area contributed by atoms with Gasteiger partial charge in [-0.05, 0) is 24.0 Å². The number of H-pyrrole nitrogens is 1. The minimum Gasteiger partial charge on any atom is -0.384 e. The number of nitrogens with zero attached hydrogens (tertiary/aromatic N) is 4. The minimum atomic E-state index is -0.767. The van der Waals surface area contributed by atoms with E-state index in [-0.39, 0.29) is 22.9 Å². The molecule has 2 aliphatic rings. The van der Waals surface area contributed by atoms with Crippen molar-refractivity contribution in [3.05, 3.63) is 99.0 Å². The average Bonchev–Trinajstić information content (AvgIpc) is 3.34. The molecule has 34 heavy (non-hydrogen) atoms. The first-order valence-electron chi connectivity index (χ1n) is 10.8. The lowest BCUT2D eigenvalue weighted by Crippen LogP contribution is -2.39. The summed E-state index contributed by atoms with van der Waals surface area (Å²) >= 11 is 0. The maximum absolute atomic E-state index is 13.2. The molecule has 168 valence electrons. The van der Waals surface area contributed by atoms with E-state index >= 15 is 0 Å². The van der Waals surface area contributed by atoms with Crippen molar-refractivity contribution in [1.29, 1.82) is 5.26 Å². The molecule has 0 radical (unpaired) electrons. The molecule has 0 spiro atoms. The van der Waals surface area contributed by atoms with E-state index < -0.39 is 10.8 Å². The number of anilines is 1. The normalized spacial score (nSPS) is 18.0. The van der Waals surface area contributed by atoms with Gasteiger partial charge in [0.25, 0.3) is 5.69 Å². The van der Waals surface area contributed by atoms with Crippen LogP contribution in [-0.4, -0.2) is 20.9 Å². The number of non-ortho nitro benzene ring substituents is 1. The summed E-state index contributed by atoms with van der Waals surface area (Å²) in [5, 5.41) is 28.9. The van der Waals surface area contributed by atoms with Gasteiger partial charge in [-0.15, -0.1) is 0 Å². The van der Waals surface area contributed by atoms with Crippen molar-refractivity contribution < 1.29 is 9.72 Å². The summed E-state index contributed by atoms with van der Waals surface area (Å²) in [6.45, 7) is 0. The number of hydrogen-bond acceptors (Lipinski definition) is 7. The van der Waals surface area contributed by atoms with Crippen molar-refractivity contribution in [1.82, 2.24) is 10.2 Å². The zero-order valence-corrected chi connectivity index (χ0v) is 18.1.